The number of carboxylic acids is 1. The van der Waals surface area contributed by atoms with E-state index in [1.165, 1.54) is 16.7 Å². The van der Waals surface area contributed by atoms with E-state index in [2.05, 4.69) is 32.0 Å². The van der Waals surface area contributed by atoms with Crippen molar-refractivity contribution in [3.05, 3.63) is 34.9 Å². The van der Waals surface area contributed by atoms with E-state index in [0.717, 1.165) is 12.8 Å². The monoisotopic (exact) mass is 204 g/mol. The molecular formula is C13H16O2. The van der Waals surface area contributed by atoms with Gasteiger partial charge in [0.15, 0.2) is 0 Å². The summed E-state index contributed by atoms with van der Waals surface area (Å²) in [6.45, 7) is 4.12. The molecule has 2 unspecified atom stereocenters. The molecule has 0 saturated heterocycles. The van der Waals surface area contributed by atoms with Gasteiger partial charge in [0.25, 0.3) is 0 Å². The van der Waals surface area contributed by atoms with E-state index in [-0.39, 0.29) is 11.8 Å². The third kappa shape index (κ3) is 1.89. The molecule has 15 heavy (non-hydrogen) atoms. The number of carbonyl (C=O) groups is 1. The van der Waals surface area contributed by atoms with Crippen LogP contribution in [-0.2, 0) is 4.79 Å². The molecule has 1 aliphatic carbocycles. The zero-order valence-electron chi connectivity index (χ0n) is 9.16. The fourth-order valence-electron chi connectivity index (χ4n) is 2.42. The summed E-state index contributed by atoms with van der Waals surface area (Å²) in [6, 6.07) is 6.36. The van der Waals surface area contributed by atoms with Crippen LogP contribution in [0.15, 0.2) is 18.2 Å². The van der Waals surface area contributed by atoms with Crippen molar-refractivity contribution >= 4 is 5.97 Å². The van der Waals surface area contributed by atoms with Gasteiger partial charge in [-0.3, -0.25) is 4.79 Å². The molecule has 2 rings (SSSR count). The molecule has 1 fully saturated rings. The number of carboxylic acid groups (broad SMARTS) is 1. The second-order valence-corrected chi connectivity index (χ2v) is 4.55. The second kappa shape index (κ2) is 3.69. The summed E-state index contributed by atoms with van der Waals surface area (Å²) >= 11 is 0. The lowest BCUT2D eigenvalue weighted by molar-refractivity contribution is -0.145. The van der Waals surface area contributed by atoms with E-state index >= 15 is 0 Å². The number of hydrogen-bond donors (Lipinski definition) is 1. The van der Waals surface area contributed by atoms with Crippen LogP contribution in [-0.4, -0.2) is 11.1 Å². The topological polar surface area (TPSA) is 37.3 Å². The Kier molecular flexibility index (Phi) is 2.51. The van der Waals surface area contributed by atoms with Crippen molar-refractivity contribution < 1.29 is 9.90 Å². The highest BCUT2D eigenvalue weighted by molar-refractivity contribution is 5.72. The minimum atomic E-state index is -0.648. The highest BCUT2D eigenvalue weighted by Gasteiger charge is 2.37. The molecule has 1 aromatic rings. The lowest BCUT2D eigenvalue weighted by Gasteiger charge is -2.34. The largest absolute Gasteiger partial charge is 0.481 e. The van der Waals surface area contributed by atoms with Crippen LogP contribution < -0.4 is 0 Å². The van der Waals surface area contributed by atoms with Gasteiger partial charge in [0.05, 0.1) is 5.92 Å². The molecular weight excluding hydrogens is 188 g/mol. The molecule has 0 amide bonds. The van der Waals surface area contributed by atoms with E-state index in [4.69, 9.17) is 5.11 Å². The third-order valence-corrected chi connectivity index (χ3v) is 3.26. The van der Waals surface area contributed by atoms with E-state index < -0.39 is 5.97 Å². The molecule has 0 heterocycles. The van der Waals surface area contributed by atoms with Crippen molar-refractivity contribution in [3.63, 3.8) is 0 Å². The van der Waals surface area contributed by atoms with Crippen LogP contribution in [0.5, 0.6) is 0 Å². The molecule has 1 aliphatic rings. The smallest absolute Gasteiger partial charge is 0.307 e. The van der Waals surface area contributed by atoms with Crippen LogP contribution in [0.4, 0.5) is 0 Å². The normalized spacial score (nSPS) is 24.7. The van der Waals surface area contributed by atoms with Gasteiger partial charge in [-0.2, -0.15) is 0 Å². The van der Waals surface area contributed by atoms with Crippen molar-refractivity contribution in [2.24, 2.45) is 5.92 Å². The highest BCUT2D eigenvalue weighted by Crippen LogP contribution is 2.42. The van der Waals surface area contributed by atoms with Crippen molar-refractivity contribution in [2.75, 3.05) is 0 Å². The summed E-state index contributed by atoms with van der Waals surface area (Å²) in [5.74, 6) is -0.572. The van der Waals surface area contributed by atoms with Crippen LogP contribution in [0.25, 0.3) is 0 Å². The summed E-state index contributed by atoms with van der Waals surface area (Å²) in [6.07, 6.45) is 1.84. The predicted molar refractivity (Wildman–Crippen MR) is 59.0 cm³/mol. The van der Waals surface area contributed by atoms with Gasteiger partial charge in [-0.05, 0) is 38.2 Å². The van der Waals surface area contributed by atoms with Crippen molar-refractivity contribution in [2.45, 2.75) is 32.6 Å². The van der Waals surface area contributed by atoms with E-state index in [1.54, 1.807) is 0 Å². The van der Waals surface area contributed by atoms with E-state index in [1.807, 2.05) is 0 Å². The highest BCUT2D eigenvalue weighted by atomic mass is 16.4. The summed E-state index contributed by atoms with van der Waals surface area (Å²) in [5.41, 5.74) is 3.65. The zero-order chi connectivity index (χ0) is 11.0. The maximum absolute atomic E-state index is 10.9. The van der Waals surface area contributed by atoms with Gasteiger partial charge in [0.2, 0.25) is 0 Å². The first-order valence-corrected chi connectivity index (χ1v) is 5.39. The molecule has 2 atom stereocenters. The predicted octanol–water partition coefficient (Wildman–Crippen LogP) is 2.88. The van der Waals surface area contributed by atoms with E-state index in [0.29, 0.717) is 0 Å². The Hall–Kier alpha value is -1.31. The summed E-state index contributed by atoms with van der Waals surface area (Å²) in [5, 5.41) is 9.00. The number of aliphatic carboxylic acids is 1. The molecule has 1 aromatic carbocycles. The fourth-order valence-corrected chi connectivity index (χ4v) is 2.42. The minimum Gasteiger partial charge on any atom is -0.481 e. The lowest BCUT2D eigenvalue weighted by atomic mass is 9.69. The van der Waals surface area contributed by atoms with Gasteiger partial charge >= 0.3 is 5.97 Å². The molecule has 0 aromatic heterocycles. The average Bonchev–Trinajstić information content (AvgIpc) is 1.97. The Bertz CT molecular complexity index is 375. The summed E-state index contributed by atoms with van der Waals surface area (Å²) in [7, 11) is 0. The molecule has 0 aliphatic heterocycles. The Morgan fingerprint density at radius 2 is 1.80 bits per heavy atom. The SMILES string of the molecule is Cc1cc(C)cc(C2CCC2C(=O)O)c1. The Morgan fingerprint density at radius 3 is 2.20 bits per heavy atom. The summed E-state index contributed by atoms with van der Waals surface area (Å²) in [4.78, 5) is 10.9. The van der Waals surface area contributed by atoms with Gasteiger partial charge in [-0.25, -0.2) is 0 Å². The second-order valence-electron chi connectivity index (χ2n) is 4.55. The van der Waals surface area contributed by atoms with Crippen molar-refractivity contribution in [1.82, 2.24) is 0 Å². The molecule has 0 spiro atoms. The first-order chi connectivity index (χ1) is 7.08. The maximum atomic E-state index is 10.9. The van der Waals surface area contributed by atoms with Crippen LogP contribution in [0, 0.1) is 19.8 Å². The molecule has 2 nitrogen and oxygen atoms in total. The van der Waals surface area contributed by atoms with Crippen molar-refractivity contribution in [1.29, 1.82) is 0 Å². The fraction of sp³-hybridized carbons (Fsp3) is 0.462. The van der Waals surface area contributed by atoms with Gasteiger partial charge in [0, 0.05) is 0 Å². The average molecular weight is 204 g/mol. The van der Waals surface area contributed by atoms with Crippen LogP contribution in [0.1, 0.15) is 35.4 Å². The Balaban J connectivity index is 2.26. The number of rotatable bonds is 2. The Morgan fingerprint density at radius 1 is 1.20 bits per heavy atom. The summed E-state index contributed by atoms with van der Waals surface area (Å²) < 4.78 is 0. The van der Waals surface area contributed by atoms with Gasteiger partial charge < -0.3 is 5.11 Å². The first kappa shape index (κ1) is 10.2. The van der Waals surface area contributed by atoms with Gasteiger partial charge in [-0.15, -0.1) is 0 Å². The molecule has 80 valence electrons. The van der Waals surface area contributed by atoms with Crippen LogP contribution >= 0.6 is 0 Å². The quantitative estimate of drug-likeness (QED) is 0.804. The molecule has 1 saturated carbocycles. The molecule has 0 bridgehead atoms. The third-order valence-electron chi connectivity index (χ3n) is 3.26. The van der Waals surface area contributed by atoms with Gasteiger partial charge in [-0.1, -0.05) is 29.3 Å². The first-order valence-electron chi connectivity index (χ1n) is 5.39. The molecule has 1 N–H and O–H groups in total. The minimum absolute atomic E-state index is 0.161. The lowest BCUT2D eigenvalue weighted by Crippen LogP contribution is -2.30. The van der Waals surface area contributed by atoms with Crippen LogP contribution in [0.3, 0.4) is 0 Å². The maximum Gasteiger partial charge on any atom is 0.307 e. The number of aryl methyl sites for hydroxylation is 2. The molecule has 0 radical (unpaired) electrons. The zero-order valence-corrected chi connectivity index (χ0v) is 9.16. The van der Waals surface area contributed by atoms with E-state index in [9.17, 15) is 4.79 Å². The Labute approximate surface area is 89.9 Å². The number of hydrogen-bond acceptors (Lipinski definition) is 1. The van der Waals surface area contributed by atoms with Crippen LogP contribution in [0.2, 0.25) is 0 Å². The molecule has 2 heteroatoms. The number of benzene rings is 1. The van der Waals surface area contributed by atoms with Crippen molar-refractivity contribution in [3.8, 4) is 0 Å². The standard InChI is InChI=1S/C13H16O2/c1-8-5-9(2)7-10(6-8)11-3-4-12(11)13(14)15/h5-7,11-12H,3-4H2,1-2H3,(H,14,15). The van der Waals surface area contributed by atoms with Gasteiger partial charge in [0.1, 0.15) is 0 Å².